The molecule has 0 fully saturated rings. The average molecular weight is 345 g/mol. The number of hydrogen-bond donors (Lipinski definition) is 1. The van der Waals surface area contributed by atoms with Crippen molar-refractivity contribution >= 4 is 21.6 Å². The van der Waals surface area contributed by atoms with E-state index in [1.165, 1.54) is 18.2 Å². The van der Waals surface area contributed by atoms with E-state index >= 15 is 0 Å². The Morgan fingerprint density at radius 2 is 1.95 bits per heavy atom. The zero-order valence-corrected chi connectivity index (χ0v) is 12.9. The normalized spacial score (nSPS) is 12.9. The summed E-state index contributed by atoms with van der Waals surface area (Å²) in [4.78, 5) is -0.245. The summed E-state index contributed by atoms with van der Waals surface area (Å²) in [6.45, 7) is -0.145. The van der Waals surface area contributed by atoms with E-state index in [9.17, 15) is 21.6 Å². The highest BCUT2D eigenvalue weighted by atomic mass is 35.5. The molecular weight excluding hydrogens is 329 g/mol. The topological polar surface area (TPSA) is 63.4 Å². The minimum absolute atomic E-state index is 0.00472. The van der Waals surface area contributed by atoms with Crippen molar-refractivity contribution in [2.45, 2.75) is 31.0 Å². The molecule has 0 heterocycles. The number of nitrogens with zero attached hydrogens (tertiary/aromatic N) is 1. The van der Waals surface area contributed by atoms with Crippen molar-refractivity contribution in [2.24, 2.45) is 5.73 Å². The number of sulfonamides is 1. The van der Waals surface area contributed by atoms with E-state index in [1.54, 1.807) is 6.92 Å². The van der Waals surface area contributed by atoms with Crippen molar-refractivity contribution in [1.29, 1.82) is 0 Å². The predicted molar refractivity (Wildman–Crippen MR) is 74.4 cm³/mol. The zero-order valence-electron chi connectivity index (χ0n) is 11.3. The van der Waals surface area contributed by atoms with Crippen molar-refractivity contribution in [3.8, 4) is 0 Å². The van der Waals surface area contributed by atoms with Gasteiger partial charge in [0.15, 0.2) is 0 Å². The molecule has 0 spiro atoms. The van der Waals surface area contributed by atoms with Crippen molar-refractivity contribution in [1.82, 2.24) is 4.31 Å². The summed E-state index contributed by atoms with van der Waals surface area (Å²) in [6.07, 6.45) is -4.34. The lowest BCUT2D eigenvalue weighted by molar-refractivity contribution is -0.136. The Morgan fingerprint density at radius 3 is 2.43 bits per heavy atom. The van der Waals surface area contributed by atoms with E-state index in [-0.39, 0.29) is 29.4 Å². The first-order chi connectivity index (χ1) is 9.61. The molecule has 0 radical (unpaired) electrons. The molecule has 0 aliphatic rings. The van der Waals surface area contributed by atoms with E-state index in [0.717, 1.165) is 0 Å². The molecule has 2 N–H and O–H groups in total. The van der Waals surface area contributed by atoms with Gasteiger partial charge in [0, 0.05) is 18.1 Å². The first-order valence-corrected chi connectivity index (χ1v) is 7.99. The molecule has 120 valence electrons. The van der Waals surface area contributed by atoms with Crippen molar-refractivity contribution in [3.63, 3.8) is 0 Å². The number of halogens is 4. The van der Waals surface area contributed by atoms with Crippen LogP contribution in [0.4, 0.5) is 13.2 Å². The Balaban J connectivity index is 3.22. The standard InChI is InChI=1S/C12H16ClF3N2O2S/c1-2-5-18(8-12(14,15)16)21(19,20)10-3-4-11(13)9(6-10)7-17/h3-4,6H,2,5,7-8,17H2,1H3. The maximum absolute atomic E-state index is 12.5. The van der Waals surface area contributed by atoms with Crippen LogP contribution in [0.2, 0.25) is 5.02 Å². The summed E-state index contributed by atoms with van der Waals surface area (Å²) in [6, 6.07) is 3.70. The largest absolute Gasteiger partial charge is 0.402 e. The van der Waals surface area contributed by atoms with Gasteiger partial charge in [-0.05, 0) is 30.2 Å². The molecule has 0 aliphatic heterocycles. The smallest absolute Gasteiger partial charge is 0.326 e. The molecule has 0 atom stereocenters. The Kier molecular flexibility index (Phi) is 6.03. The van der Waals surface area contributed by atoms with Gasteiger partial charge < -0.3 is 5.73 Å². The summed E-state index contributed by atoms with van der Waals surface area (Å²) in [5.41, 5.74) is 5.79. The van der Waals surface area contributed by atoms with Crippen LogP contribution in [0, 0.1) is 0 Å². The van der Waals surface area contributed by atoms with Gasteiger partial charge >= 0.3 is 6.18 Å². The van der Waals surface area contributed by atoms with E-state index in [0.29, 0.717) is 9.87 Å². The lowest BCUT2D eigenvalue weighted by Gasteiger charge is -2.23. The van der Waals surface area contributed by atoms with Crippen LogP contribution < -0.4 is 5.73 Å². The van der Waals surface area contributed by atoms with Crippen LogP contribution >= 0.6 is 11.6 Å². The molecule has 0 unspecified atom stereocenters. The quantitative estimate of drug-likeness (QED) is 0.863. The SMILES string of the molecule is CCCN(CC(F)(F)F)S(=O)(=O)c1ccc(Cl)c(CN)c1. The Labute approximate surface area is 126 Å². The fraction of sp³-hybridized carbons (Fsp3) is 0.500. The number of rotatable bonds is 6. The number of benzene rings is 1. The van der Waals surface area contributed by atoms with E-state index in [2.05, 4.69) is 0 Å². The number of hydrogen-bond acceptors (Lipinski definition) is 3. The van der Waals surface area contributed by atoms with Crippen LogP contribution in [-0.2, 0) is 16.6 Å². The van der Waals surface area contributed by atoms with Crippen molar-refractivity contribution < 1.29 is 21.6 Å². The van der Waals surface area contributed by atoms with E-state index in [1.807, 2.05) is 0 Å². The molecule has 1 aromatic carbocycles. The molecule has 0 bridgehead atoms. The molecule has 9 heteroatoms. The first-order valence-electron chi connectivity index (χ1n) is 6.17. The van der Waals surface area contributed by atoms with Gasteiger partial charge in [0.25, 0.3) is 0 Å². The second kappa shape index (κ2) is 6.95. The van der Waals surface area contributed by atoms with E-state index < -0.39 is 22.7 Å². The molecule has 4 nitrogen and oxygen atoms in total. The van der Waals surface area contributed by atoms with Gasteiger partial charge in [-0.1, -0.05) is 18.5 Å². The molecular formula is C12H16ClF3N2O2S. The Bertz CT molecular complexity index is 591. The maximum atomic E-state index is 12.5. The van der Waals surface area contributed by atoms with Crippen LogP contribution in [0.25, 0.3) is 0 Å². The fourth-order valence-electron chi connectivity index (χ4n) is 1.75. The van der Waals surface area contributed by atoms with Gasteiger partial charge in [0.2, 0.25) is 10.0 Å². The van der Waals surface area contributed by atoms with Gasteiger partial charge in [-0.3, -0.25) is 0 Å². The van der Waals surface area contributed by atoms with Gasteiger partial charge in [-0.25, -0.2) is 8.42 Å². The summed E-state index contributed by atoms with van der Waals surface area (Å²) < 4.78 is 62.7. The maximum Gasteiger partial charge on any atom is 0.402 e. The molecule has 1 aromatic rings. The Hall–Kier alpha value is -0.830. The molecule has 21 heavy (non-hydrogen) atoms. The molecule has 0 aromatic heterocycles. The third kappa shape index (κ3) is 4.84. The second-order valence-electron chi connectivity index (χ2n) is 4.41. The third-order valence-electron chi connectivity index (χ3n) is 2.70. The molecule has 1 rings (SSSR count). The fourth-order valence-corrected chi connectivity index (χ4v) is 3.51. The molecule has 0 saturated heterocycles. The van der Waals surface area contributed by atoms with Crippen molar-refractivity contribution in [3.05, 3.63) is 28.8 Å². The third-order valence-corrected chi connectivity index (χ3v) is 4.91. The molecule has 0 amide bonds. The van der Waals surface area contributed by atoms with Gasteiger partial charge in [-0.15, -0.1) is 0 Å². The second-order valence-corrected chi connectivity index (χ2v) is 6.76. The summed E-state index contributed by atoms with van der Waals surface area (Å²) >= 11 is 5.83. The highest BCUT2D eigenvalue weighted by Crippen LogP contribution is 2.25. The van der Waals surface area contributed by atoms with Crippen LogP contribution in [-0.4, -0.2) is 32.0 Å². The van der Waals surface area contributed by atoms with Crippen LogP contribution in [0.3, 0.4) is 0 Å². The van der Waals surface area contributed by atoms with Gasteiger partial charge in [0.05, 0.1) is 4.90 Å². The number of nitrogens with two attached hydrogens (primary N) is 1. The molecule has 0 saturated carbocycles. The monoisotopic (exact) mass is 344 g/mol. The molecule has 0 aliphatic carbocycles. The lowest BCUT2D eigenvalue weighted by atomic mass is 10.2. The summed E-state index contributed by atoms with van der Waals surface area (Å²) in [5, 5.41) is 0.273. The average Bonchev–Trinajstić information content (AvgIpc) is 2.37. The summed E-state index contributed by atoms with van der Waals surface area (Å²) in [5.74, 6) is 0. The van der Waals surface area contributed by atoms with Crippen LogP contribution in [0.5, 0.6) is 0 Å². The highest BCUT2D eigenvalue weighted by Gasteiger charge is 2.36. The van der Waals surface area contributed by atoms with Crippen LogP contribution in [0.1, 0.15) is 18.9 Å². The number of alkyl halides is 3. The summed E-state index contributed by atoms with van der Waals surface area (Å²) in [7, 11) is -4.25. The highest BCUT2D eigenvalue weighted by molar-refractivity contribution is 7.89. The van der Waals surface area contributed by atoms with E-state index in [4.69, 9.17) is 17.3 Å². The minimum Gasteiger partial charge on any atom is -0.326 e. The minimum atomic E-state index is -4.61. The first kappa shape index (κ1) is 18.2. The zero-order chi connectivity index (χ0) is 16.3. The van der Waals surface area contributed by atoms with Crippen molar-refractivity contribution in [2.75, 3.05) is 13.1 Å². The van der Waals surface area contributed by atoms with Gasteiger partial charge in [0.1, 0.15) is 6.54 Å². The lowest BCUT2D eigenvalue weighted by Crippen LogP contribution is -2.39. The predicted octanol–water partition coefficient (Wildman–Crippen LogP) is 2.76. The Morgan fingerprint density at radius 1 is 1.33 bits per heavy atom. The van der Waals surface area contributed by atoms with Crippen LogP contribution in [0.15, 0.2) is 23.1 Å². The van der Waals surface area contributed by atoms with Gasteiger partial charge in [-0.2, -0.15) is 17.5 Å².